The van der Waals surface area contributed by atoms with E-state index in [0.717, 1.165) is 22.3 Å². The summed E-state index contributed by atoms with van der Waals surface area (Å²) in [5, 5.41) is 16.0. The number of hydrogen-bond donors (Lipinski definition) is 2. The number of hydrogen-bond acceptors (Lipinski definition) is 5. The highest BCUT2D eigenvalue weighted by Gasteiger charge is 2.33. The highest BCUT2D eigenvalue weighted by molar-refractivity contribution is 6.02. The lowest BCUT2D eigenvalue weighted by atomic mass is 9.98. The minimum Gasteiger partial charge on any atom is -0.480 e. The predicted octanol–water partition coefficient (Wildman–Crippen LogP) is 4.11. The summed E-state index contributed by atoms with van der Waals surface area (Å²) in [6.45, 7) is 4.82. The molecule has 1 heterocycles. The number of carboxylic acids is 1. The van der Waals surface area contributed by atoms with E-state index < -0.39 is 30.1 Å². The molecule has 0 aliphatic heterocycles. The van der Waals surface area contributed by atoms with Crippen LogP contribution in [0, 0.1) is 0 Å². The number of rotatable bonds is 6. The van der Waals surface area contributed by atoms with E-state index in [2.05, 4.69) is 22.5 Å². The standard InChI is InChI=1S/C26H28N4O5/c1-26(2,3)30(14-22(31)32)24(33)23-21(13-29(4)28-23)27-25(34)35-15-20-18-11-7-5-9-16(18)17-10-6-8-12-19(17)20/h5-13,20H,14-15H2,1-4H3,(H,27,34)(H,31,32). The molecule has 9 nitrogen and oxygen atoms in total. The van der Waals surface area contributed by atoms with Gasteiger partial charge in [0.2, 0.25) is 0 Å². The lowest BCUT2D eigenvalue weighted by molar-refractivity contribution is -0.138. The number of amides is 2. The van der Waals surface area contributed by atoms with Crippen molar-refractivity contribution in [2.45, 2.75) is 32.2 Å². The monoisotopic (exact) mass is 476 g/mol. The largest absolute Gasteiger partial charge is 0.480 e. The Balaban J connectivity index is 1.50. The van der Waals surface area contributed by atoms with Crippen LogP contribution in [0.3, 0.4) is 0 Å². The fraction of sp³-hybridized carbons (Fsp3) is 0.308. The summed E-state index contributed by atoms with van der Waals surface area (Å²) in [7, 11) is 1.61. The Morgan fingerprint density at radius 2 is 1.63 bits per heavy atom. The molecule has 0 atom stereocenters. The van der Waals surface area contributed by atoms with Gasteiger partial charge >= 0.3 is 12.1 Å². The maximum atomic E-state index is 13.2. The maximum absolute atomic E-state index is 13.2. The zero-order valence-corrected chi connectivity index (χ0v) is 20.1. The number of nitrogens with one attached hydrogen (secondary N) is 1. The van der Waals surface area contributed by atoms with Crippen LogP contribution < -0.4 is 5.32 Å². The van der Waals surface area contributed by atoms with Gasteiger partial charge in [0, 0.05) is 24.7 Å². The Morgan fingerprint density at radius 1 is 1.06 bits per heavy atom. The molecule has 4 rings (SSSR count). The van der Waals surface area contributed by atoms with Gasteiger partial charge in [-0.15, -0.1) is 0 Å². The molecule has 3 aromatic rings. The van der Waals surface area contributed by atoms with Gasteiger partial charge in [0.1, 0.15) is 13.2 Å². The first kappa shape index (κ1) is 24.0. The Hall–Kier alpha value is -4.14. The summed E-state index contributed by atoms with van der Waals surface area (Å²) in [6.07, 6.45) is 0.755. The highest BCUT2D eigenvalue weighted by atomic mass is 16.5. The number of anilines is 1. The first-order valence-corrected chi connectivity index (χ1v) is 11.3. The topological polar surface area (TPSA) is 114 Å². The molecule has 0 saturated heterocycles. The van der Waals surface area contributed by atoms with E-state index in [1.54, 1.807) is 27.8 Å². The molecule has 0 saturated carbocycles. The van der Waals surface area contributed by atoms with Crippen LogP contribution in [0.5, 0.6) is 0 Å². The van der Waals surface area contributed by atoms with Crippen molar-refractivity contribution in [3.8, 4) is 11.1 Å². The number of fused-ring (bicyclic) bond motifs is 3. The number of benzene rings is 2. The second-order valence-corrected chi connectivity index (χ2v) is 9.47. The molecule has 2 amide bonds. The van der Waals surface area contributed by atoms with Crippen LogP contribution in [-0.2, 0) is 16.6 Å². The van der Waals surface area contributed by atoms with Crippen molar-refractivity contribution >= 4 is 23.7 Å². The molecular formula is C26H28N4O5. The van der Waals surface area contributed by atoms with Crippen molar-refractivity contribution in [3.05, 3.63) is 71.5 Å². The minimum absolute atomic E-state index is 0.0582. The van der Waals surface area contributed by atoms with Crippen LogP contribution in [0.25, 0.3) is 11.1 Å². The van der Waals surface area contributed by atoms with Crippen molar-refractivity contribution in [3.63, 3.8) is 0 Å². The Bertz CT molecular complexity index is 1250. The van der Waals surface area contributed by atoms with E-state index in [1.807, 2.05) is 36.4 Å². The lowest BCUT2D eigenvalue weighted by Gasteiger charge is -2.34. The molecule has 9 heteroatoms. The predicted molar refractivity (Wildman–Crippen MR) is 130 cm³/mol. The zero-order chi connectivity index (χ0) is 25.3. The van der Waals surface area contributed by atoms with Crippen LogP contribution in [0.2, 0.25) is 0 Å². The second-order valence-electron chi connectivity index (χ2n) is 9.47. The molecule has 1 aliphatic carbocycles. The summed E-state index contributed by atoms with van der Waals surface area (Å²) >= 11 is 0. The van der Waals surface area contributed by atoms with E-state index in [4.69, 9.17) is 4.74 Å². The van der Waals surface area contributed by atoms with Gasteiger partial charge in [-0.1, -0.05) is 48.5 Å². The molecule has 35 heavy (non-hydrogen) atoms. The number of nitrogens with zero attached hydrogens (tertiary/aromatic N) is 3. The average molecular weight is 477 g/mol. The fourth-order valence-corrected chi connectivity index (χ4v) is 4.36. The second kappa shape index (κ2) is 9.25. The first-order chi connectivity index (χ1) is 16.6. The Kier molecular flexibility index (Phi) is 6.34. The minimum atomic E-state index is -1.14. The van der Waals surface area contributed by atoms with Crippen LogP contribution in [-0.4, -0.2) is 56.4 Å². The van der Waals surface area contributed by atoms with E-state index in [0.29, 0.717) is 0 Å². The summed E-state index contributed by atoms with van der Waals surface area (Å²) < 4.78 is 6.96. The number of aryl methyl sites for hydroxylation is 1. The van der Waals surface area contributed by atoms with Gasteiger partial charge in [-0.25, -0.2) is 4.79 Å². The lowest BCUT2D eigenvalue weighted by Crippen LogP contribution is -2.48. The summed E-state index contributed by atoms with van der Waals surface area (Å²) in [4.78, 5) is 38.4. The molecule has 0 spiro atoms. The van der Waals surface area contributed by atoms with Gasteiger partial charge < -0.3 is 14.7 Å². The van der Waals surface area contributed by atoms with E-state index >= 15 is 0 Å². The SMILES string of the molecule is Cn1cc(NC(=O)OCC2c3ccccc3-c3ccccc32)c(C(=O)N(CC(=O)O)C(C)(C)C)n1. The summed E-state index contributed by atoms with van der Waals surface area (Å²) in [5.41, 5.74) is 3.75. The van der Waals surface area contributed by atoms with Crippen molar-refractivity contribution in [1.82, 2.24) is 14.7 Å². The Labute approximate surface area is 203 Å². The van der Waals surface area contributed by atoms with Crippen molar-refractivity contribution in [2.75, 3.05) is 18.5 Å². The van der Waals surface area contributed by atoms with Crippen molar-refractivity contribution in [1.29, 1.82) is 0 Å². The number of carbonyl (C=O) groups is 3. The number of carbonyl (C=O) groups excluding carboxylic acids is 2. The van der Waals surface area contributed by atoms with Crippen molar-refractivity contribution in [2.24, 2.45) is 7.05 Å². The number of aromatic nitrogens is 2. The molecule has 1 aromatic heterocycles. The Morgan fingerprint density at radius 3 is 2.17 bits per heavy atom. The van der Waals surface area contributed by atoms with Crippen LogP contribution in [0.15, 0.2) is 54.7 Å². The third-order valence-electron chi connectivity index (χ3n) is 5.96. The van der Waals surface area contributed by atoms with E-state index in [-0.39, 0.29) is 23.9 Å². The van der Waals surface area contributed by atoms with Gasteiger partial charge in [0.15, 0.2) is 5.69 Å². The van der Waals surface area contributed by atoms with E-state index in [1.165, 1.54) is 15.8 Å². The number of aliphatic carboxylic acids is 1. The van der Waals surface area contributed by atoms with Crippen LogP contribution in [0.1, 0.15) is 48.3 Å². The quantitative estimate of drug-likeness (QED) is 0.554. The molecule has 0 bridgehead atoms. The van der Waals surface area contributed by atoms with Crippen LogP contribution in [0.4, 0.5) is 10.5 Å². The summed E-state index contributed by atoms with van der Waals surface area (Å²) in [5.74, 6) is -1.85. The van der Waals surface area contributed by atoms with Gasteiger partial charge in [0.25, 0.3) is 5.91 Å². The van der Waals surface area contributed by atoms with E-state index in [9.17, 15) is 19.5 Å². The highest BCUT2D eigenvalue weighted by Crippen LogP contribution is 2.44. The van der Waals surface area contributed by atoms with Gasteiger partial charge in [-0.3, -0.25) is 19.6 Å². The molecule has 2 N–H and O–H groups in total. The molecule has 0 radical (unpaired) electrons. The van der Waals surface area contributed by atoms with Gasteiger partial charge in [0.05, 0.1) is 5.69 Å². The zero-order valence-electron chi connectivity index (χ0n) is 20.1. The van der Waals surface area contributed by atoms with Gasteiger partial charge in [-0.2, -0.15) is 5.10 Å². The maximum Gasteiger partial charge on any atom is 0.411 e. The molecule has 1 aliphatic rings. The summed E-state index contributed by atoms with van der Waals surface area (Å²) in [6, 6.07) is 16.1. The first-order valence-electron chi connectivity index (χ1n) is 11.3. The van der Waals surface area contributed by atoms with Gasteiger partial charge in [-0.05, 0) is 43.0 Å². The molecule has 2 aromatic carbocycles. The number of carboxylic acid groups (broad SMARTS) is 1. The molecule has 0 unspecified atom stereocenters. The smallest absolute Gasteiger partial charge is 0.411 e. The van der Waals surface area contributed by atoms with Crippen LogP contribution >= 0.6 is 0 Å². The number of ether oxygens (including phenoxy) is 1. The fourth-order valence-electron chi connectivity index (χ4n) is 4.36. The molecular weight excluding hydrogens is 448 g/mol. The molecule has 182 valence electrons. The average Bonchev–Trinajstić information content (AvgIpc) is 3.32. The molecule has 0 fully saturated rings. The third kappa shape index (κ3) is 4.89. The third-order valence-corrected chi connectivity index (χ3v) is 5.96. The van der Waals surface area contributed by atoms with Crippen molar-refractivity contribution < 1.29 is 24.2 Å². The normalized spacial score (nSPS) is 12.6.